The monoisotopic (exact) mass is 398 g/mol. The molecule has 1 aliphatic heterocycles. The number of amides is 2. The average Bonchev–Trinajstić information content (AvgIpc) is 2.65. The normalized spacial score (nSPS) is 13.0. The second kappa shape index (κ2) is 8.46. The molecule has 0 aliphatic carbocycles. The maximum atomic E-state index is 12.5. The van der Waals surface area contributed by atoms with Crippen LogP contribution in [-0.2, 0) is 29.0 Å². The van der Waals surface area contributed by atoms with Gasteiger partial charge < -0.3 is 15.0 Å². The molecule has 154 valence electrons. The third-order valence-corrected chi connectivity index (χ3v) is 4.90. The third kappa shape index (κ3) is 4.64. The third-order valence-electron chi connectivity index (χ3n) is 4.90. The fraction of sp³-hybridized carbons (Fsp3) is 0.429. The zero-order valence-corrected chi connectivity index (χ0v) is 17.2. The molecule has 0 saturated carbocycles. The van der Waals surface area contributed by atoms with Gasteiger partial charge in [0, 0.05) is 30.3 Å². The molecule has 1 aliphatic rings. The number of aromatic nitrogens is 2. The average molecular weight is 398 g/mol. The first-order chi connectivity index (χ1) is 13.8. The van der Waals surface area contributed by atoms with Crippen molar-refractivity contribution in [2.75, 3.05) is 18.5 Å². The molecule has 0 atom stereocenters. The predicted octanol–water partition coefficient (Wildman–Crippen LogP) is 2.32. The molecule has 2 amide bonds. The maximum Gasteiger partial charge on any atom is 0.410 e. The van der Waals surface area contributed by atoms with Crippen LogP contribution in [0.3, 0.4) is 0 Å². The first-order valence-electron chi connectivity index (χ1n) is 9.67. The Kier molecular flexibility index (Phi) is 6.00. The summed E-state index contributed by atoms with van der Waals surface area (Å²) in [6.45, 7) is 8.52. The Hall–Kier alpha value is -3.16. The van der Waals surface area contributed by atoms with Gasteiger partial charge in [-0.25, -0.2) is 9.48 Å². The molecule has 1 N–H and O–H groups in total. The fourth-order valence-corrected chi connectivity index (χ4v) is 3.62. The minimum absolute atomic E-state index is 0.166. The van der Waals surface area contributed by atoms with Crippen molar-refractivity contribution in [2.24, 2.45) is 0 Å². The molecule has 8 heteroatoms. The molecule has 0 saturated heterocycles. The van der Waals surface area contributed by atoms with E-state index in [1.807, 2.05) is 32.9 Å². The summed E-state index contributed by atoms with van der Waals surface area (Å²) in [6.07, 6.45) is 0.109. The van der Waals surface area contributed by atoms with Crippen LogP contribution in [0, 0.1) is 20.8 Å². The Morgan fingerprint density at radius 3 is 2.52 bits per heavy atom. The van der Waals surface area contributed by atoms with Gasteiger partial charge in [-0.1, -0.05) is 17.7 Å². The smallest absolute Gasteiger partial charge is 0.410 e. The van der Waals surface area contributed by atoms with E-state index in [1.165, 1.54) is 10.7 Å². The Morgan fingerprint density at radius 1 is 1.17 bits per heavy atom. The SMILES string of the molecule is CCOC(=O)N1CCc2nn(CC(=O)Nc3c(C)cc(C)cc3C)c(=O)cc2C1. The molecule has 3 rings (SSSR count). The fourth-order valence-electron chi connectivity index (χ4n) is 3.62. The summed E-state index contributed by atoms with van der Waals surface area (Å²) in [6, 6.07) is 5.45. The summed E-state index contributed by atoms with van der Waals surface area (Å²) in [7, 11) is 0. The van der Waals surface area contributed by atoms with E-state index in [4.69, 9.17) is 4.74 Å². The molecule has 8 nitrogen and oxygen atoms in total. The lowest BCUT2D eigenvalue weighted by Gasteiger charge is -2.27. The highest BCUT2D eigenvalue weighted by Gasteiger charge is 2.24. The molecule has 0 spiro atoms. The van der Waals surface area contributed by atoms with Crippen LogP contribution in [0.4, 0.5) is 10.5 Å². The van der Waals surface area contributed by atoms with Crippen molar-refractivity contribution >= 4 is 17.7 Å². The number of ether oxygens (including phenoxy) is 1. The Labute approximate surface area is 169 Å². The van der Waals surface area contributed by atoms with Crippen LogP contribution in [0.5, 0.6) is 0 Å². The van der Waals surface area contributed by atoms with Gasteiger partial charge in [-0.15, -0.1) is 0 Å². The highest BCUT2D eigenvalue weighted by molar-refractivity contribution is 5.92. The number of nitrogens with zero attached hydrogens (tertiary/aromatic N) is 3. The molecule has 0 unspecified atom stereocenters. The Balaban J connectivity index is 1.74. The first kappa shape index (κ1) is 20.6. The molecule has 1 aromatic carbocycles. The Morgan fingerprint density at radius 2 is 1.86 bits per heavy atom. The van der Waals surface area contributed by atoms with Crippen LogP contribution in [-0.4, -0.2) is 39.8 Å². The highest BCUT2D eigenvalue weighted by atomic mass is 16.6. The zero-order valence-electron chi connectivity index (χ0n) is 17.2. The molecular formula is C21H26N4O4. The maximum absolute atomic E-state index is 12.5. The summed E-state index contributed by atoms with van der Waals surface area (Å²) in [4.78, 5) is 38.4. The van der Waals surface area contributed by atoms with E-state index in [-0.39, 0.29) is 24.6 Å². The minimum Gasteiger partial charge on any atom is -0.450 e. The molecule has 1 aromatic heterocycles. The largest absolute Gasteiger partial charge is 0.450 e. The zero-order chi connectivity index (χ0) is 21.1. The van der Waals surface area contributed by atoms with Crippen molar-refractivity contribution in [2.45, 2.75) is 47.2 Å². The lowest BCUT2D eigenvalue weighted by atomic mass is 10.1. The number of rotatable bonds is 4. The standard InChI is InChI=1S/C21H26N4O4/c1-5-29-21(28)24-7-6-17-16(11-24)10-19(27)25(23-17)12-18(26)22-20-14(3)8-13(2)9-15(20)4/h8-10H,5-7,11-12H2,1-4H3,(H,22,26). The number of aryl methyl sites for hydroxylation is 3. The second-order valence-corrected chi connectivity index (χ2v) is 7.30. The number of anilines is 1. The molecular weight excluding hydrogens is 372 g/mol. The molecule has 2 heterocycles. The number of carbonyl (C=O) groups is 2. The Bertz CT molecular complexity index is 989. The quantitative estimate of drug-likeness (QED) is 0.853. The van der Waals surface area contributed by atoms with E-state index in [0.717, 1.165) is 28.1 Å². The second-order valence-electron chi connectivity index (χ2n) is 7.30. The summed E-state index contributed by atoms with van der Waals surface area (Å²) in [5.41, 5.74) is 4.87. The van der Waals surface area contributed by atoms with Crippen molar-refractivity contribution in [3.63, 3.8) is 0 Å². The van der Waals surface area contributed by atoms with Crippen LogP contribution < -0.4 is 10.9 Å². The van der Waals surface area contributed by atoms with Gasteiger partial charge in [-0.3, -0.25) is 9.59 Å². The summed E-state index contributed by atoms with van der Waals surface area (Å²) in [5.74, 6) is -0.307. The van der Waals surface area contributed by atoms with Gasteiger partial charge in [-0.05, 0) is 38.8 Å². The number of benzene rings is 1. The summed E-state index contributed by atoms with van der Waals surface area (Å²) < 4.78 is 6.19. The van der Waals surface area contributed by atoms with Crippen molar-refractivity contribution in [1.82, 2.24) is 14.7 Å². The van der Waals surface area contributed by atoms with Gasteiger partial charge in [0.05, 0.1) is 18.8 Å². The minimum atomic E-state index is -0.398. The van der Waals surface area contributed by atoms with Crippen molar-refractivity contribution in [3.8, 4) is 0 Å². The summed E-state index contributed by atoms with van der Waals surface area (Å²) >= 11 is 0. The van der Waals surface area contributed by atoms with Crippen LogP contribution >= 0.6 is 0 Å². The molecule has 0 radical (unpaired) electrons. The molecule has 2 aromatic rings. The van der Waals surface area contributed by atoms with Gasteiger partial charge in [0.2, 0.25) is 5.91 Å². The van der Waals surface area contributed by atoms with Gasteiger partial charge in [0.25, 0.3) is 5.56 Å². The van der Waals surface area contributed by atoms with E-state index in [2.05, 4.69) is 10.4 Å². The van der Waals surface area contributed by atoms with Crippen molar-refractivity contribution < 1.29 is 14.3 Å². The lowest BCUT2D eigenvalue weighted by molar-refractivity contribution is -0.117. The number of hydrogen-bond acceptors (Lipinski definition) is 5. The van der Waals surface area contributed by atoms with Crippen LogP contribution in [0.2, 0.25) is 0 Å². The highest BCUT2D eigenvalue weighted by Crippen LogP contribution is 2.22. The van der Waals surface area contributed by atoms with Gasteiger partial charge >= 0.3 is 6.09 Å². The van der Waals surface area contributed by atoms with Crippen LogP contribution in [0.25, 0.3) is 0 Å². The number of nitrogens with one attached hydrogen (secondary N) is 1. The van der Waals surface area contributed by atoms with E-state index in [1.54, 1.807) is 11.8 Å². The first-order valence-corrected chi connectivity index (χ1v) is 9.67. The molecule has 29 heavy (non-hydrogen) atoms. The van der Waals surface area contributed by atoms with E-state index in [0.29, 0.717) is 25.1 Å². The summed E-state index contributed by atoms with van der Waals surface area (Å²) in [5, 5.41) is 7.25. The predicted molar refractivity (Wildman–Crippen MR) is 109 cm³/mol. The van der Waals surface area contributed by atoms with Gasteiger partial charge in [0.1, 0.15) is 6.54 Å². The number of fused-ring (bicyclic) bond motifs is 1. The van der Waals surface area contributed by atoms with Crippen LogP contribution in [0.15, 0.2) is 23.0 Å². The van der Waals surface area contributed by atoms with Crippen LogP contribution in [0.1, 0.15) is 34.9 Å². The van der Waals surface area contributed by atoms with E-state index >= 15 is 0 Å². The van der Waals surface area contributed by atoms with Crippen molar-refractivity contribution in [3.05, 3.63) is 56.5 Å². The molecule has 0 fully saturated rings. The number of hydrogen-bond donors (Lipinski definition) is 1. The van der Waals surface area contributed by atoms with E-state index in [9.17, 15) is 14.4 Å². The van der Waals surface area contributed by atoms with Gasteiger partial charge in [0.15, 0.2) is 0 Å². The topological polar surface area (TPSA) is 93.5 Å². The van der Waals surface area contributed by atoms with Gasteiger partial charge in [-0.2, -0.15) is 5.10 Å². The van der Waals surface area contributed by atoms with E-state index < -0.39 is 6.09 Å². The number of carbonyl (C=O) groups excluding carboxylic acids is 2. The molecule has 0 bridgehead atoms. The van der Waals surface area contributed by atoms with Crippen molar-refractivity contribution in [1.29, 1.82) is 0 Å². The lowest BCUT2D eigenvalue weighted by Crippen LogP contribution is -2.39.